The number of hydrogen-bond donors (Lipinski definition) is 1. The Balaban J connectivity index is 2.90. The number of para-hydroxylation sites is 1. The van der Waals surface area contributed by atoms with Gasteiger partial charge in [0.05, 0.1) is 6.20 Å². The van der Waals surface area contributed by atoms with Crippen molar-refractivity contribution in [3.63, 3.8) is 0 Å². The maximum Gasteiger partial charge on any atom is 0.152 e. The van der Waals surface area contributed by atoms with E-state index >= 15 is 0 Å². The van der Waals surface area contributed by atoms with Crippen LogP contribution in [0.1, 0.15) is 0 Å². The molecular weight excluding hydrogens is 158 g/mol. The standard InChI is InChI=1S/C8H6NOS/c1-2-4-8-7(3-1)5-6-9-11-10-8/h1-5,9H. The molecule has 0 spiro atoms. The van der Waals surface area contributed by atoms with Gasteiger partial charge in [0.2, 0.25) is 0 Å². The number of fused-ring (bicyclic) bond motifs is 1. The first-order chi connectivity index (χ1) is 5.47. The molecule has 0 fully saturated rings. The zero-order valence-corrected chi connectivity index (χ0v) is 6.52. The van der Waals surface area contributed by atoms with Gasteiger partial charge in [0, 0.05) is 5.39 Å². The molecule has 0 aliphatic heterocycles. The van der Waals surface area contributed by atoms with Crippen molar-refractivity contribution in [2.75, 3.05) is 0 Å². The molecule has 2 aromatic rings. The molecule has 2 rings (SSSR count). The zero-order chi connectivity index (χ0) is 7.52. The summed E-state index contributed by atoms with van der Waals surface area (Å²) >= 11 is 1.17. The fraction of sp³-hybridized carbons (Fsp3) is 0. The van der Waals surface area contributed by atoms with E-state index in [9.17, 15) is 0 Å². The van der Waals surface area contributed by atoms with E-state index in [1.165, 1.54) is 11.8 Å². The molecule has 55 valence electrons. The van der Waals surface area contributed by atoms with Gasteiger partial charge in [0.15, 0.2) is 5.58 Å². The Bertz CT molecular complexity index is 348. The van der Waals surface area contributed by atoms with Crippen molar-refractivity contribution in [3.05, 3.63) is 36.5 Å². The third-order valence-electron chi connectivity index (χ3n) is 1.38. The first-order valence-corrected chi connectivity index (χ1v) is 3.97. The molecule has 3 heteroatoms. The lowest BCUT2D eigenvalue weighted by Crippen LogP contribution is -1.61. The Morgan fingerprint density at radius 1 is 1.36 bits per heavy atom. The summed E-state index contributed by atoms with van der Waals surface area (Å²) in [5.41, 5.74) is 0.870. The number of rotatable bonds is 0. The van der Waals surface area contributed by atoms with Gasteiger partial charge in [-0.3, -0.25) is 4.37 Å². The quantitative estimate of drug-likeness (QED) is 0.637. The molecule has 1 radical (unpaired) electrons. The number of aromatic nitrogens is 1. The summed E-state index contributed by atoms with van der Waals surface area (Å²) in [6, 6.07) is 9.67. The van der Waals surface area contributed by atoms with Crippen LogP contribution in [0.4, 0.5) is 0 Å². The van der Waals surface area contributed by atoms with E-state index in [2.05, 4.69) is 10.6 Å². The molecule has 0 unspecified atom stereocenters. The SMILES string of the molecule is [c]1cc2ccccc2os[nH]1. The van der Waals surface area contributed by atoms with E-state index in [-0.39, 0.29) is 0 Å². The van der Waals surface area contributed by atoms with Crippen LogP contribution in [0.15, 0.2) is 34.2 Å². The molecule has 1 heterocycles. The molecule has 11 heavy (non-hydrogen) atoms. The summed E-state index contributed by atoms with van der Waals surface area (Å²) < 4.78 is 8.04. The molecule has 0 bridgehead atoms. The van der Waals surface area contributed by atoms with Crippen LogP contribution in [0.2, 0.25) is 0 Å². The summed E-state index contributed by atoms with van der Waals surface area (Å²) in [5, 5.41) is 1.05. The highest BCUT2D eigenvalue weighted by Crippen LogP contribution is 2.10. The minimum Gasteiger partial charge on any atom is -0.386 e. The highest BCUT2D eigenvalue weighted by Gasteiger charge is 1.87. The van der Waals surface area contributed by atoms with Crippen LogP contribution in [0.3, 0.4) is 0 Å². The summed E-state index contributed by atoms with van der Waals surface area (Å²) in [7, 11) is 0. The minimum absolute atomic E-state index is 0.870. The highest BCUT2D eigenvalue weighted by atomic mass is 32.1. The van der Waals surface area contributed by atoms with Crippen LogP contribution >= 0.6 is 11.8 Å². The van der Waals surface area contributed by atoms with Gasteiger partial charge in [-0.05, 0) is 12.1 Å². The zero-order valence-electron chi connectivity index (χ0n) is 5.70. The minimum atomic E-state index is 0.870. The topological polar surface area (TPSA) is 28.9 Å². The van der Waals surface area contributed by atoms with Gasteiger partial charge in [-0.2, -0.15) is 0 Å². The van der Waals surface area contributed by atoms with Gasteiger partial charge in [0.1, 0.15) is 11.8 Å². The van der Waals surface area contributed by atoms with Gasteiger partial charge >= 0.3 is 0 Å². The Labute approximate surface area is 68.2 Å². The number of benzene rings is 1. The van der Waals surface area contributed by atoms with Crippen LogP contribution in [0, 0.1) is 6.20 Å². The van der Waals surface area contributed by atoms with Crippen molar-refractivity contribution >= 4 is 22.8 Å². The van der Waals surface area contributed by atoms with Gasteiger partial charge in [-0.15, -0.1) is 0 Å². The second kappa shape index (κ2) is 2.80. The molecule has 1 N–H and O–H groups in total. The molecule has 0 aliphatic carbocycles. The van der Waals surface area contributed by atoms with E-state index in [1.807, 2.05) is 30.3 Å². The first-order valence-electron chi connectivity index (χ1n) is 3.23. The van der Waals surface area contributed by atoms with Crippen LogP contribution < -0.4 is 0 Å². The van der Waals surface area contributed by atoms with Crippen molar-refractivity contribution in [1.82, 2.24) is 4.37 Å². The predicted molar refractivity (Wildman–Crippen MR) is 44.9 cm³/mol. The number of aromatic amines is 1. The Morgan fingerprint density at radius 3 is 3.27 bits per heavy atom. The van der Waals surface area contributed by atoms with E-state index in [1.54, 1.807) is 0 Å². The third kappa shape index (κ3) is 1.28. The van der Waals surface area contributed by atoms with E-state index < -0.39 is 0 Å². The van der Waals surface area contributed by atoms with E-state index in [0.717, 1.165) is 11.0 Å². The molecule has 0 saturated heterocycles. The highest BCUT2D eigenvalue weighted by molar-refractivity contribution is 6.96. The Morgan fingerprint density at radius 2 is 2.27 bits per heavy atom. The van der Waals surface area contributed by atoms with Gasteiger partial charge in [0.25, 0.3) is 0 Å². The number of nitrogens with one attached hydrogen (secondary N) is 1. The number of hydrogen-bond acceptors (Lipinski definition) is 2. The van der Waals surface area contributed by atoms with Crippen LogP contribution in [-0.2, 0) is 0 Å². The van der Waals surface area contributed by atoms with Crippen molar-refractivity contribution in [2.45, 2.75) is 0 Å². The van der Waals surface area contributed by atoms with Crippen molar-refractivity contribution in [3.8, 4) is 0 Å². The van der Waals surface area contributed by atoms with Gasteiger partial charge < -0.3 is 3.85 Å². The predicted octanol–water partition coefficient (Wildman–Crippen LogP) is 2.75. The molecule has 0 atom stereocenters. The monoisotopic (exact) mass is 164 g/mol. The van der Waals surface area contributed by atoms with Crippen molar-refractivity contribution < 1.29 is 3.85 Å². The van der Waals surface area contributed by atoms with Crippen molar-refractivity contribution in [2.24, 2.45) is 0 Å². The van der Waals surface area contributed by atoms with E-state index in [0.29, 0.717) is 0 Å². The molecule has 2 nitrogen and oxygen atoms in total. The average molecular weight is 164 g/mol. The fourth-order valence-electron chi connectivity index (χ4n) is 0.873. The average Bonchev–Trinajstić information content (AvgIpc) is 2.28. The van der Waals surface area contributed by atoms with Crippen molar-refractivity contribution in [1.29, 1.82) is 0 Å². The Kier molecular flexibility index (Phi) is 1.65. The first kappa shape index (κ1) is 6.49. The summed E-state index contributed by atoms with van der Waals surface area (Å²) in [6.07, 6.45) is 2.87. The fourth-order valence-corrected chi connectivity index (χ4v) is 1.26. The smallest absolute Gasteiger partial charge is 0.152 e. The molecule has 0 saturated carbocycles. The summed E-state index contributed by atoms with van der Waals surface area (Å²) in [5.74, 6) is 0. The molecule has 0 amide bonds. The second-order valence-corrected chi connectivity index (χ2v) is 2.63. The lowest BCUT2D eigenvalue weighted by molar-refractivity contribution is 0.742. The second-order valence-electron chi connectivity index (χ2n) is 2.10. The third-order valence-corrected chi connectivity index (χ3v) is 1.84. The molecular formula is C8H6NOS. The van der Waals surface area contributed by atoms with Gasteiger partial charge in [-0.1, -0.05) is 18.2 Å². The molecule has 1 aromatic heterocycles. The summed E-state index contributed by atoms with van der Waals surface area (Å²) in [4.78, 5) is 0. The maximum atomic E-state index is 5.26. The lowest BCUT2D eigenvalue weighted by atomic mass is 10.2. The normalized spacial score (nSPS) is 9.82. The summed E-state index contributed by atoms with van der Waals surface area (Å²) in [6.45, 7) is 0. The molecule has 0 aliphatic rings. The van der Waals surface area contributed by atoms with Crippen LogP contribution in [0.25, 0.3) is 11.0 Å². The number of H-pyrrole nitrogens is 1. The van der Waals surface area contributed by atoms with Crippen LogP contribution in [0.5, 0.6) is 0 Å². The Hall–Kier alpha value is -1.22. The van der Waals surface area contributed by atoms with E-state index in [4.69, 9.17) is 3.85 Å². The van der Waals surface area contributed by atoms with Gasteiger partial charge in [-0.25, -0.2) is 0 Å². The largest absolute Gasteiger partial charge is 0.386 e. The van der Waals surface area contributed by atoms with Crippen LogP contribution in [-0.4, -0.2) is 4.37 Å². The lowest BCUT2D eigenvalue weighted by Gasteiger charge is -1.85. The maximum absolute atomic E-state index is 5.26. The molecule has 1 aromatic carbocycles.